The molecule has 0 aliphatic carbocycles. The maximum atomic E-state index is 14.2. The standard InChI is InChI=1S/C17H26FN3O.C14H21FN2O.2H2/c1-13(2)19-15-4-3-14(17(18)9-15)10-20-5-7-21(8-6-20)16-11-22-12-16;1-10(2)16-12-4-5-14(13(15)8-12)17-6-7-18-11(3)9-17;;/h3-4,9,13,16,19H,5-8,10-12H2,1-2H3;4-5,8,10-11,16H,6-7,9H2,1-3H3;2*1H. The molecule has 3 fully saturated rings. The highest BCUT2D eigenvalue weighted by Crippen LogP contribution is 2.25. The van der Waals surface area contributed by atoms with Gasteiger partial charge in [0.15, 0.2) is 0 Å². The van der Waals surface area contributed by atoms with Crippen LogP contribution in [0.4, 0.5) is 25.8 Å². The summed E-state index contributed by atoms with van der Waals surface area (Å²) in [6.07, 6.45) is 0.159. The predicted molar refractivity (Wildman–Crippen MR) is 164 cm³/mol. The molecule has 1 atom stereocenters. The fraction of sp³-hybridized carbons (Fsp3) is 0.613. The summed E-state index contributed by atoms with van der Waals surface area (Å²) >= 11 is 0. The van der Waals surface area contributed by atoms with Crippen molar-refractivity contribution in [3.63, 3.8) is 0 Å². The van der Waals surface area contributed by atoms with E-state index in [9.17, 15) is 8.78 Å². The number of piperazine rings is 1. The average Bonchev–Trinajstić information content (AvgIpc) is 2.85. The number of halogens is 2. The summed E-state index contributed by atoms with van der Waals surface area (Å²) in [6, 6.07) is 12.1. The molecule has 0 saturated carbocycles. The first-order chi connectivity index (χ1) is 19.2. The van der Waals surface area contributed by atoms with Gasteiger partial charge in [-0.25, -0.2) is 8.78 Å². The van der Waals surface area contributed by atoms with Gasteiger partial charge < -0.3 is 25.0 Å². The first kappa shape index (κ1) is 30.5. The minimum Gasteiger partial charge on any atom is -0.383 e. The zero-order valence-electron chi connectivity index (χ0n) is 24.8. The molecule has 1 unspecified atom stereocenters. The molecule has 2 N–H and O–H groups in total. The number of hydrogen-bond acceptors (Lipinski definition) is 7. The van der Waals surface area contributed by atoms with Crippen LogP contribution in [0.5, 0.6) is 0 Å². The average molecular weight is 564 g/mol. The van der Waals surface area contributed by atoms with Crippen LogP contribution in [0.3, 0.4) is 0 Å². The molecule has 0 bridgehead atoms. The normalized spacial score (nSPS) is 20.7. The van der Waals surface area contributed by atoms with Crippen molar-refractivity contribution in [1.82, 2.24) is 9.80 Å². The lowest BCUT2D eigenvalue weighted by molar-refractivity contribution is -0.0774. The molecule has 3 aliphatic rings. The van der Waals surface area contributed by atoms with Crippen LogP contribution in [0.25, 0.3) is 0 Å². The van der Waals surface area contributed by atoms with Crippen LogP contribution in [-0.4, -0.2) is 93.1 Å². The van der Waals surface area contributed by atoms with Crippen LogP contribution >= 0.6 is 0 Å². The highest BCUT2D eigenvalue weighted by atomic mass is 19.1. The Morgan fingerprint density at radius 1 is 0.875 bits per heavy atom. The van der Waals surface area contributed by atoms with Crippen molar-refractivity contribution < 1.29 is 21.1 Å². The largest absolute Gasteiger partial charge is 0.383 e. The molecule has 40 heavy (non-hydrogen) atoms. The molecular weight excluding hydrogens is 512 g/mol. The smallest absolute Gasteiger partial charge is 0.148 e. The Labute approximate surface area is 241 Å². The van der Waals surface area contributed by atoms with Crippen LogP contribution in [0.15, 0.2) is 36.4 Å². The van der Waals surface area contributed by atoms with Crippen LogP contribution in [0, 0.1) is 11.6 Å². The van der Waals surface area contributed by atoms with Crippen molar-refractivity contribution in [3.8, 4) is 0 Å². The first-order valence-electron chi connectivity index (χ1n) is 14.7. The summed E-state index contributed by atoms with van der Waals surface area (Å²) < 4.78 is 39.0. The molecule has 3 heterocycles. The lowest BCUT2D eigenvalue weighted by Crippen LogP contribution is -2.56. The quantitative estimate of drug-likeness (QED) is 0.438. The topological polar surface area (TPSA) is 52.2 Å². The number of benzene rings is 2. The second-order valence-electron chi connectivity index (χ2n) is 11.7. The predicted octanol–water partition coefficient (Wildman–Crippen LogP) is 5.53. The van der Waals surface area contributed by atoms with Gasteiger partial charge in [0.25, 0.3) is 0 Å². The highest BCUT2D eigenvalue weighted by Gasteiger charge is 2.29. The minimum atomic E-state index is -0.172. The molecule has 3 saturated heterocycles. The fourth-order valence-electron chi connectivity index (χ4n) is 5.28. The van der Waals surface area contributed by atoms with Gasteiger partial charge in [-0.2, -0.15) is 0 Å². The second kappa shape index (κ2) is 14.4. The molecule has 226 valence electrons. The Hall–Kier alpha value is -2.46. The molecule has 3 aliphatic heterocycles. The van der Waals surface area contributed by atoms with Crippen molar-refractivity contribution in [3.05, 3.63) is 53.6 Å². The molecule has 0 spiro atoms. The third-order valence-corrected chi connectivity index (χ3v) is 7.43. The van der Waals surface area contributed by atoms with Gasteiger partial charge in [-0.1, -0.05) is 6.07 Å². The third-order valence-electron chi connectivity index (χ3n) is 7.43. The van der Waals surface area contributed by atoms with Crippen LogP contribution in [-0.2, 0) is 16.0 Å². The number of hydrogen-bond donors (Lipinski definition) is 2. The zero-order valence-corrected chi connectivity index (χ0v) is 24.8. The molecule has 0 amide bonds. The Bertz CT molecular complexity index is 1090. The van der Waals surface area contributed by atoms with Crippen molar-refractivity contribution >= 4 is 17.1 Å². The van der Waals surface area contributed by atoms with Crippen LogP contribution < -0.4 is 15.5 Å². The number of morpholine rings is 1. The van der Waals surface area contributed by atoms with Gasteiger partial charge >= 0.3 is 0 Å². The van der Waals surface area contributed by atoms with Crippen molar-refractivity contribution in [2.75, 3.05) is 74.6 Å². The maximum Gasteiger partial charge on any atom is 0.148 e. The number of nitrogens with zero attached hydrogens (tertiary/aromatic N) is 3. The number of anilines is 3. The zero-order chi connectivity index (χ0) is 28.6. The number of rotatable bonds is 8. The van der Waals surface area contributed by atoms with E-state index in [1.807, 2.05) is 49.9 Å². The van der Waals surface area contributed by atoms with Crippen molar-refractivity contribution in [2.24, 2.45) is 0 Å². The van der Waals surface area contributed by atoms with E-state index in [1.54, 1.807) is 12.1 Å². The fourth-order valence-corrected chi connectivity index (χ4v) is 5.28. The minimum absolute atomic E-state index is 0. The van der Waals surface area contributed by atoms with Gasteiger partial charge in [-0.3, -0.25) is 9.80 Å². The maximum absolute atomic E-state index is 14.2. The van der Waals surface area contributed by atoms with Crippen molar-refractivity contribution in [1.29, 1.82) is 0 Å². The second-order valence-corrected chi connectivity index (χ2v) is 11.7. The van der Waals surface area contributed by atoms with Gasteiger partial charge in [0.1, 0.15) is 11.6 Å². The molecule has 5 rings (SSSR count). The van der Waals surface area contributed by atoms with Crippen molar-refractivity contribution in [2.45, 2.75) is 65.4 Å². The monoisotopic (exact) mass is 563 g/mol. The summed E-state index contributed by atoms with van der Waals surface area (Å²) in [5.41, 5.74) is 3.13. The number of ether oxygens (including phenoxy) is 2. The van der Waals surface area contributed by atoms with E-state index >= 15 is 0 Å². The summed E-state index contributed by atoms with van der Waals surface area (Å²) in [6.45, 7) is 18.9. The van der Waals surface area contributed by atoms with E-state index in [2.05, 4.69) is 34.3 Å². The van der Waals surface area contributed by atoms with Gasteiger partial charge in [0.05, 0.1) is 37.7 Å². The Balaban J connectivity index is 0.000000285. The van der Waals surface area contributed by atoms with E-state index in [1.165, 1.54) is 0 Å². The number of nitrogens with one attached hydrogen (secondary N) is 2. The first-order valence-corrected chi connectivity index (χ1v) is 14.7. The summed E-state index contributed by atoms with van der Waals surface area (Å²) in [5, 5.41) is 6.44. The van der Waals surface area contributed by atoms with Gasteiger partial charge in [0.2, 0.25) is 0 Å². The Kier molecular flexibility index (Phi) is 11.0. The Morgan fingerprint density at radius 2 is 1.50 bits per heavy atom. The molecule has 0 radical (unpaired) electrons. The highest BCUT2D eigenvalue weighted by molar-refractivity contribution is 5.57. The van der Waals surface area contributed by atoms with E-state index in [0.29, 0.717) is 37.0 Å². The lowest BCUT2D eigenvalue weighted by atomic mass is 10.1. The molecule has 9 heteroatoms. The molecular formula is C31H51F2N5O2. The SMILES string of the molecule is CC(C)Nc1ccc(CN2CCN(C3COC3)CC2)c(F)c1.CC(C)Nc1ccc(N2CCOC(C)C2)c(F)c1.[HH].[HH]. The summed E-state index contributed by atoms with van der Waals surface area (Å²) in [7, 11) is 0. The molecule has 2 aromatic rings. The van der Waals surface area contributed by atoms with E-state index in [0.717, 1.165) is 69.4 Å². The third kappa shape index (κ3) is 8.77. The van der Waals surface area contributed by atoms with E-state index < -0.39 is 0 Å². The van der Waals surface area contributed by atoms with E-state index in [4.69, 9.17) is 9.47 Å². The summed E-state index contributed by atoms with van der Waals surface area (Å²) in [5.74, 6) is -0.282. The van der Waals surface area contributed by atoms with Gasteiger partial charge in [-0.15, -0.1) is 0 Å². The molecule has 7 nitrogen and oxygen atoms in total. The van der Waals surface area contributed by atoms with E-state index in [-0.39, 0.29) is 20.6 Å². The lowest BCUT2D eigenvalue weighted by Gasteiger charge is -2.42. The molecule has 0 aromatic heterocycles. The van der Waals surface area contributed by atoms with Crippen LogP contribution in [0.1, 0.15) is 43.0 Å². The van der Waals surface area contributed by atoms with Gasteiger partial charge in [0, 0.05) is 77.7 Å². The Morgan fingerprint density at radius 3 is 2.02 bits per heavy atom. The van der Waals surface area contributed by atoms with Crippen LogP contribution in [0.2, 0.25) is 0 Å². The molecule has 2 aromatic carbocycles. The summed E-state index contributed by atoms with van der Waals surface area (Å²) in [4.78, 5) is 6.87. The van der Waals surface area contributed by atoms with Gasteiger partial charge in [-0.05, 0) is 65.0 Å².